The van der Waals surface area contributed by atoms with Crippen LogP contribution in [-0.2, 0) is 38.5 Å². The third kappa shape index (κ3) is 5.69. The fraction of sp³-hybridized carbons (Fsp3) is 0.200. The van der Waals surface area contributed by atoms with E-state index in [-0.39, 0.29) is 0 Å². The number of aryl methyl sites for hydroxylation is 4. The first-order chi connectivity index (χ1) is 26.6. The van der Waals surface area contributed by atoms with Crippen LogP contribution in [0.3, 0.4) is 0 Å². The van der Waals surface area contributed by atoms with E-state index >= 15 is 0 Å². The van der Waals surface area contributed by atoms with Crippen molar-refractivity contribution in [1.29, 1.82) is 0 Å². The van der Waals surface area contributed by atoms with Crippen molar-refractivity contribution in [1.82, 2.24) is 0 Å². The number of hydrogen-bond donors (Lipinski definition) is 0. The smallest absolute Gasteiger partial charge is 0.129 e. The molecule has 268 valence electrons. The molecule has 0 amide bonds. The minimum Gasteiger partial charge on any atom is -0.496 e. The van der Waals surface area contributed by atoms with E-state index in [1.54, 1.807) is 14.2 Å². The van der Waals surface area contributed by atoms with Gasteiger partial charge in [0.1, 0.15) is 23.0 Å². The highest BCUT2D eigenvalue weighted by molar-refractivity contribution is 5.96. The van der Waals surface area contributed by atoms with Gasteiger partial charge in [0, 0.05) is 28.3 Å². The highest BCUT2D eigenvalue weighted by atomic mass is 16.5. The summed E-state index contributed by atoms with van der Waals surface area (Å²) in [5.74, 6) is 3.77. The van der Waals surface area contributed by atoms with Crippen LogP contribution in [-0.4, -0.2) is 28.4 Å². The third-order valence-electron chi connectivity index (χ3n) is 11.6. The van der Waals surface area contributed by atoms with Crippen molar-refractivity contribution in [2.24, 2.45) is 0 Å². The molecule has 4 nitrogen and oxygen atoms in total. The summed E-state index contributed by atoms with van der Waals surface area (Å²) in [7, 11) is 7.23. The lowest BCUT2D eigenvalue weighted by atomic mass is 9.86. The standard InChI is InChI=1S/C50H44O4/c1-51-47-35-23-21-33-25-31-13-5-7-15-39(31)45(49(33)53-3)30-46-40-16-8-6-14-32(40)26-34(50(46)54-4)22-24-36-28-38(42-18-10-12-20-44(42)48(36)52-2)29-37(27-35)41-17-9-11-19-43(41)47/h5-20,25-28H,21-24,29-30H2,1-4H3. The van der Waals surface area contributed by atoms with Gasteiger partial charge in [-0.15, -0.1) is 0 Å². The number of methoxy groups -OCH3 is 4. The molecule has 8 aromatic rings. The van der Waals surface area contributed by atoms with Gasteiger partial charge in [0.2, 0.25) is 0 Å². The maximum atomic E-state index is 6.41. The van der Waals surface area contributed by atoms with Crippen LogP contribution < -0.4 is 18.9 Å². The monoisotopic (exact) mass is 708 g/mol. The van der Waals surface area contributed by atoms with Crippen LogP contribution in [0.5, 0.6) is 23.0 Å². The van der Waals surface area contributed by atoms with Crippen LogP contribution in [0.2, 0.25) is 0 Å². The number of rotatable bonds is 4. The third-order valence-corrected chi connectivity index (χ3v) is 11.6. The van der Waals surface area contributed by atoms with E-state index < -0.39 is 0 Å². The molecule has 1 aliphatic rings. The number of fused-ring (bicyclic) bond motifs is 16. The summed E-state index contributed by atoms with van der Waals surface area (Å²) in [6.45, 7) is 0. The van der Waals surface area contributed by atoms with Gasteiger partial charge in [-0.25, -0.2) is 0 Å². The van der Waals surface area contributed by atoms with E-state index in [2.05, 4.69) is 121 Å². The molecule has 0 fully saturated rings. The normalized spacial score (nSPS) is 13.1. The molecule has 0 saturated carbocycles. The maximum Gasteiger partial charge on any atom is 0.129 e. The number of ether oxygens (including phenoxy) is 4. The topological polar surface area (TPSA) is 36.9 Å². The van der Waals surface area contributed by atoms with E-state index in [1.807, 2.05) is 14.2 Å². The van der Waals surface area contributed by atoms with Crippen LogP contribution in [0.1, 0.15) is 44.5 Å². The van der Waals surface area contributed by atoms with Crippen LogP contribution >= 0.6 is 0 Å². The Morgan fingerprint density at radius 2 is 0.648 bits per heavy atom. The van der Waals surface area contributed by atoms with E-state index in [0.717, 1.165) is 65.9 Å². The summed E-state index contributed by atoms with van der Waals surface area (Å²) >= 11 is 0. The average molecular weight is 709 g/mol. The first-order valence-electron chi connectivity index (χ1n) is 18.9. The van der Waals surface area contributed by atoms with Crippen molar-refractivity contribution in [3.63, 3.8) is 0 Å². The predicted octanol–water partition coefficient (Wildman–Crippen LogP) is 11.4. The molecule has 0 heterocycles. The van der Waals surface area contributed by atoms with Crippen LogP contribution in [0.25, 0.3) is 43.1 Å². The molecule has 8 bridgehead atoms. The van der Waals surface area contributed by atoms with Gasteiger partial charge in [0.15, 0.2) is 0 Å². The molecular formula is C50H44O4. The Morgan fingerprint density at radius 1 is 0.315 bits per heavy atom. The quantitative estimate of drug-likeness (QED) is 0.182. The summed E-state index contributed by atoms with van der Waals surface area (Å²) in [5.41, 5.74) is 9.71. The van der Waals surface area contributed by atoms with Crippen LogP contribution in [0.4, 0.5) is 0 Å². The lowest BCUT2D eigenvalue weighted by Crippen LogP contribution is -2.07. The summed E-state index contributed by atoms with van der Waals surface area (Å²) < 4.78 is 25.3. The Bertz CT molecular complexity index is 2540. The second-order valence-corrected chi connectivity index (χ2v) is 14.4. The van der Waals surface area contributed by atoms with E-state index in [1.165, 1.54) is 76.8 Å². The van der Waals surface area contributed by atoms with Crippen molar-refractivity contribution in [2.75, 3.05) is 28.4 Å². The van der Waals surface area contributed by atoms with Gasteiger partial charge in [-0.2, -0.15) is 0 Å². The SMILES string of the molecule is COc1c2cc3ccccc3c1Cc1c(OC)c(cc3ccccc13)CCc1cc(c3ccccc3c1OC)Cc1cc(c(OC)c3ccccc13)CC2. The summed E-state index contributed by atoms with van der Waals surface area (Å²) in [6, 6.07) is 44.2. The fourth-order valence-electron chi connectivity index (χ4n) is 9.21. The lowest BCUT2D eigenvalue weighted by molar-refractivity contribution is 0.400. The van der Waals surface area contributed by atoms with Gasteiger partial charge in [0.05, 0.1) is 28.4 Å². The lowest BCUT2D eigenvalue weighted by Gasteiger charge is -2.22. The van der Waals surface area contributed by atoms with Crippen molar-refractivity contribution in [2.45, 2.75) is 38.5 Å². The zero-order valence-corrected chi connectivity index (χ0v) is 31.4. The molecule has 4 heteroatoms. The number of benzene rings is 8. The molecule has 54 heavy (non-hydrogen) atoms. The molecule has 0 aromatic heterocycles. The highest BCUT2D eigenvalue weighted by Crippen LogP contribution is 2.43. The fourth-order valence-corrected chi connectivity index (χ4v) is 9.21. The Kier molecular flexibility index (Phi) is 8.83. The Hall–Kier alpha value is -6.00. The van der Waals surface area contributed by atoms with E-state index in [4.69, 9.17) is 18.9 Å². The molecule has 0 N–H and O–H groups in total. The second-order valence-electron chi connectivity index (χ2n) is 14.4. The summed E-state index contributed by atoms with van der Waals surface area (Å²) in [6.07, 6.45) is 4.63. The molecule has 0 unspecified atom stereocenters. The van der Waals surface area contributed by atoms with Gasteiger partial charge in [-0.1, -0.05) is 109 Å². The van der Waals surface area contributed by atoms with Crippen LogP contribution in [0, 0.1) is 0 Å². The first kappa shape index (κ1) is 33.8. The molecule has 0 saturated heterocycles. The zero-order chi connectivity index (χ0) is 36.8. The Labute approximate surface area is 316 Å². The van der Waals surface area contributed by atoms with E-state index in [0.29, 0.717) is 6.42 Å². The molecular weight excluding hydrogens is 665 g/mol. The minimum atomic E-state index is 0.669. The van der Waals surface area contributed by atoms with Gasteiger partial charge >= 0.3 is 0 Å². The largest absolute Gasteiger partial charge is 0.496 e. The Morgan fingerprint density at radius 3 is 1.04 bits per heavy atom. The van der Waals surface area contributed by atoms with Gasteiger partial charge in [0.25, 0.3) is 0 Å². The first-order valence-corrected chi connectivity index (χ1v) is 18.9. The minimum absolute atomic E-state index is 0.669. The Balaban J connectivity index is 1.34. The van der Waals surface area contributed by atoms with Gasteiger partial charge in [-0.05, 0) is 110 Å². The van der Waals surface area contributed by atoms with Crippen molar-refractivity contribution in [3.05, 3.63) is 166 Å². The highest BCUT2D eigenvalue weighted by Gasteiger charge is 2.23. The zero-order valence-electron chi connectivity index (χ0n) is 31.4. The molecule has 0 atom stereocenters. The number of hydrogen-bond acceptors (Lipinski definition) is 4. The van der Waals surface area contributed by atoms with Crippen LogP contribution in [0.15, 0.2) is 121 Å². The maximum absolute atomic E-state index is 6.41. The predicted molar refractivity (Wildman–Crippen MR) is 222 cm³/mol. The molecule has 0 radical (unpaired) electrons. The molecule has 0 spiro atoms. The van der Waals surface area contributed by atoms with Crippen molar-refractivity contribution < 1.29 is 18.9 Å². The molecule has 0 aliphatic heterocycles. The molecule has 9 rings (SSSR count). The second kappa shape index (κ2) is 14.1. The summed E-state index contributed by atoms with van der Waals surface area (Å²) in [5, 5.41) is 9.53. The van der Waals surface area contributed by atoms with Gasteiger partial charge < -0.3 is 18.9 Å². The average Bonchev–Trinajstić information content (AvgIpc) is 3.21. The summed E-state index contributed by atoms with van der Waals surface area (Å²) in [4.78, 5) is 0. The molecule has 1 aliphatic carbocycles. The molecule has 8 aromatic carbocycles. The van der Waals surface area contributed by atoms with E-state index in [9.17, 15) is 0 Å². The van der Waals surface area contributed by atoms with Gasteiger partial charge in [-0.3, -0.25) is 0 Å². The van der Waals surface area contributed by atoms with Crippen molar-refractivity contribution in [3.8, 4) is 23.0 Å². The van der Waals surface area contributed by atoms with Crippen molar-refractivity contribution >= 4 is 43.1 Å².